The highest BCUT2D eigenvalue weighted by Gasteiger charge is 2.41. The number of benzene rings is 2. The molecule has 2 aromatic rings. The molecule has 1 fully saturated rings. The Morgan fingerprint density at radius 3 is 2.21 bits per heavy atom. The highest BCUT2D eigenvalue weighted by Crippen LogP contribution is 2.36. The van der Waals surface area contributed by atoms with Crippen LogP contribution >= 0.6 is 0 Å². The Bertz CT molecular complexity index is 1010. The minimum absolute atomic E-state index is 0.0500. The number of phenolic OH excluding ortho intramolecular Hbond substituents is 1. The van der Waals surface area contributed by atoms with Crippen LogP contribution in [-0.4, -0.2) is 53.2 Å². The van der Waals surface area contributed by atoms with Crippen molar-refractivity contribution in [2.24, 2.45) is 0 Å². The Morgan fingerprint density at radius 1 is 1.06 bits per heavy atom. The summed E-state index contributed by atoms with van der Waals surface area (Å²) in [4.78, 5) is 40.2. The van der Waals surface area contributed by atoms with E-state index in [1.807, 2.05) is 0 Å². The standard InChI is InChI=1S/C25H31N3O6/c1-25(2,3)34-24(32)26-15-21(30)28(18-9-10-18)22(16-5-11-19(29)12-6-16)23(31)27-17-7-13-20(33-4)14-8-17/h5-8,11-14,18,22,29H,9-10,15H2,1-4H3,(H,26,32)(H,27,31). The number of nitrogens with one attached hydrogen (secondary N) is 2. The van der Waals surface area contributed by atoms with Gasteiger partial charge in [-0.05, 0) is 75.6 Å². The number of hydrogen-bond donors (Lipinski definition) is 3. The van der Waals surface area contributed by atoms with E-state index in [2.05, 4.69) is 10.6 Å². The molecule has 9 heteroatoms. The van der Waals surface area contributed by atoms with Crippen LogP contribution in [0.1, 0.15) is 45.2 Å². The molecule has 1 saturated carbocycles. The van der Waals surface area contributed by atoms with Gasteiger partial charge < -0.3 is 30.1 Å². The fourth-order valence-electron chi connectivity index (χ4n) is 3.44. The second kappa shape index (κ2) is 10.5. The lowest BCUT2D eigenvalue weighted by Crippen LogP contribution is -2.47. The number of rotatable bonds is 8. The van der Waals surface area contributed by atoms with Crippen LogP contribution in [0.4, 0.5) is 10.5 Å². The van der Waals surface area contributed by atoms with Crippen molar-refractivity contribution < 1.29 is 29.0 Å². The summed E-state index contributed by atoms with van der Waals surface area (Å²) in [5, 5.41) is 15.1. The van der Waals surface area contributed by atoms with Gasteiger partial charge in [0.15, 0.2) is 0 Å². The van der Waals surface area contributed by atoms with Gasteiger partial charge in [0.25, 0.3) is 5.91 Å². The van der Waals surface area contributed by atoms with Crippen molar-refractivity contribution >= 4 is 23.6 Å². The van der Waals surface area contributed by atoms with Gasteiger partial charge in [-0.3, -0.25) is 9.59 Å². The average molecular weight is 470 g/mol. The summed E-state index contributed by atoms with van der Waals surface area (Å²) >= 11 is 0. The minimum atomic E-state index is -0.955. The molecule has 3 N–H and O–H groups in total. The molecule has 0 heterocycles. The Morgan fingerprint density at radius 2 is 1.68 bits per heavy atom. The number of aromatic hydroxyl groups is 1. The fourth-order valence-corrected chi connectivity index (χ4v) is 3.44. The summed E-state index contributed by atoms with van der Waals surface area (Å²) in [5.41, 5.74) is 0.391. The van der Waals surface area contributed by atoms with Crippen LogP contribution in [0.25, 0.3) is 0 Å². The Hall–Kier alpha value is -3.75. The van der Waals surface area contributed by atoms with Crippen molar-refractivity contribution in [3.8, 4) is 11.5 Å². The molecule has 0 saturated heterocycles. The number of phenols is 1. The molecule has 0 spiro atoms. The van der Waals surface area contributed by atoms with Crippen LogP contribution in [0.2, 0.25) is 0 Å². The number of ether oxygens (including phenoxy) is 2. The van der Waals surface area contributed by atoms with Crippen molar-refractivity contribution in [2.45, 2.75) is 51.3 Å². The summed E-state index contributed by atoms with van der Waals surface area (Å²) in [6.45, 7) is 4.88. The first-order chi connectivity index (χ1) is 16.1. The lowest BCUT2D eigenvalue weighted by atomic mass is 10.0. The normalized spacial score (nSPS) is 14.0. The van der Waals surface area contributed by atoms with Crippen molar-refractivity contribution in [3.05, 3.63) is 54.1 Å². The molecule has 1 atom stereocenters. The molecule has 1 aliphatic rings. The smallest absolute Gasteiger partial charge is 0.408 e. The Labute approximate surface area is 199 Å². The SMILES string of the molecule is COc1ccc(NC(=O)C(c2ccc(O)cc2)N(C(=O)CNC(=O)OC(C)(C)C)C2CC2)cc1. The third kappa shape index (κ3) is 6.87. The third-order valence-electron chi connectivity index (χ3n) is 5.10. The molecule has 2 aromatic carbocycles. The molecule has 3 rings (SSSR count). The third-order valence-corrected chi connectivity index (χ3v) is 5.10. The maximum Gasteiger partial charge on any atom is 0.408 e. The second-order valence-corrected chi connectivity index (χ2v) is 9.10. The van der Waals surface area contributed by atoms with Crippen molar-refractivity contribution in [2.75, 3.05) is 19.0 Å². The summed E-state index contributed by atoms with van der Waals surface area (Å²) in [7, 11) is 1.55. The second-order valence-electron chi connectivity index (χ2n) is 9.10. The molecule has 3 amide bonds. The van der Waals surface area contributed by atoms with E-state index >= 15 is 0 Å². The van der Waals surface area contributed by atoms with Crippen molar-refractivity contribution in [3.63, 3.8) is 0 Å². The van der Waals surface area contributed by atoms with Crippen molar-refractivity contribution in [1.29, 1.82) is 0 Å². The molecule has 1 unspecified atom stereocenters. The van der Waals surface area contributed by atoms with Crippen molar-refractivity contribution in [1.82, 2.24) is 10.2 Å². The topological polar surface area (TPSA) is 117 Å². The zero-order valence-corrected chi connectivity index (χ0v) is 19.8. The van der Waals surface area contributed by atoms with Gasteiger partial charge in [-0.25, -0.2) is 4.79 Å². The van der Waals surface area contributed by atoms with Gasteiger partial charge in [0, 0.05) is 11.7 Å². The summed E-state index contributed by atoms with van der Waals surface area (Å²) in [6, 6.07) is 11.9. The molecule has 1 aliphatic carbocycles. The molecular weight excluding hydrogens is 438 g/mol. The van der Waals surface area contributed by atoms with E-state index < -0.39 is 29.6 Å². The molecular formula is C25H31N3O6. The lowest BCUT2D eigenvalue weighted by molar-refractivity contribution is -0.138. The summed E-state index contributed by atoms with van der Waals surface area (Å²) < 4.78 is 10.4. The van der Waals surface area contributed by atoms with Crippen LogP contribution in [0.15, 0.2) is 48.5 Å². The Balaban J connectivity index is 1.83. The fraction of sp³-hybridized carbons (Fsp3) is 0.400. The van der Waals surface area contributed by atoms with E-state index in [4.69, 9.17) is 9.47 Å². The number of amides is 3. The first-order valence-electron chi connectivity index (χ1n) is 11.1. The van der Waals surface area contributed by atoms with Crippen LogP contribution in [-0.2, 0) is 14.3 Å². The Kier molecular flexibility index (Phi) is 7.65. The van der Waals surface area contributed by atoms with Gasteiger partial charge in [-0.1, -0.05) is 12.1 Å². The van der Waals surface area contributed by atoms with E-state index in [0.717, 1.165) is 12.8 Å². The number of nitrogens with zero attached hydrogens (tertiary/aromatic N) is 1. The first kappa shape index (κ1) is 24.9. The van der Waals surface area contributed by atoms with E-state index in [-0.39, 0.29) is 18.3 Å². The van der Waals surface area contributed by atoms with Crippen LogP contribution in [0.3, 0.4) is 0 Å². The zero-order valence-electron chi connectivity index (χ0n) is 19.8. The van der Waals surface area contributed by atoms with Gasteiger partial charge in [0.1, 0.15) is 29.7 Å². The van der Waals surface area contributed by atoms with E-state index in [9.17, 15) is 19.5 Å². The predicted octanol–water partition coefficient (Wildman–Crippen LogP) is 3.60. The highest BCUT2D eigenvalue weighted by atomic mass is 16.6. The molecule has 0 aliphatic heterocycles. The van der Waals surface area contributed by atoms with E-state index in [1.54, 1.807) is 64.3 Å². The predicted molar refractivity (Wildman–Crippen MR) is 127 cm³/mol. The maximum absolute atomic E-state index is 13.4. The quantitative estimate of drug-likeness (QED) is 0.544. The largest absolute Gasteiger partial charge is 0.508 e. The van der Waals surface area contributed by atoms with Crippen LogP contribution < -0.4 is 15.4 Å². The van der Waals surface area contributed by atoms with E-state index in [0.29, 0.717) is 17.0 Å². The zero-order chi connectivity index (χ0) is 24.9. The van der Waals surface area contributed by atoms with Gasteiger partial charge in [-0.15, -0.1) is 0 Å². The number of anilines is 1. The molecule has 34 heavy (non-hydrogen) atoms. The van der Waals surface area contributed by atoms with Crippen LogP contribution in [0, 0.1) is 0 Å². The number of methoxy groups -OCH3 is 1. The molecule has 0 bridgehead atoms. The monoisotopic (exact) mass is 469 g/mol. The molecule has 9 nitrogen and oxygen atoms in total. The molecule has 0 radical (unpaired) electrons. The average Bonchev–Trinajstić information content (AvgIpc) is 3.61. The lowest BCUT2D eigenvalue weighted by Gasteiger charge is -2.32. The van der Waals surface area contributed by atoms with Gasteiger partial charge in [0.2, 0.25) is 5.91 Å². The number of carbonyl (C=O) groups excluding carboxylic acids is 3. The first-order valence-corrected chi connectivity index (χ1v) is 11.1. The number of alkyl carbamates (subject to hydrolysis) is 1. The number of carbonyl (C=O) groups is 3. The minimum Gasteiger partial charge on any atom is -0.508 e. The van der Waals surface area contributed by atoms with Gasteiger partial charge in [-0.2, -0.15) is 0 Å². The van der Waals surface area contributed by atoms with Gasteiger partial charge in [0.05, 0.1) is 7.11 Å². The van der Waals surface area contributed by atoms with Crippen LogP contribution in [0.5, 0.6) is 11.5 Å². The molecule has 0 aromatic heterocycles. The maximum atomic E-state index is 13.4. The van der Waals surface area contributed by atoms with Gasteiger partial charge >= 0.3 is 6.09 Å². The highest BCUT2D eigenvalue weighted by molar-refractivity contribution is 5.98. The summed E-state index contributed by atoms with van der Waals surface area (Å²) in [5.74, 6) is -0.116. The number of hydrogen-bond acceptors (Lipinski definition) is 6. The summed E-state index contributed by atoms with van der Waals surface area (Å²) in [6.07, 6.45) is 0.797. The molecule has 182 valence electrons. The van der Waals surface area contributed by atoms with E-state index in [1.165, 1.54) is 17.0 Å².